The van der Waals surface area contributed by atoms with E-state index in [1.807, 2.05) is 36.4 Å². The molecule has 0 radical (unpaired) electrons. The maximum absolute atomic E-state index is 5.19. The summed E-state index contributed by atoms with van der Waals surface area (Å²) in [4.78, 5) is 8.38. The highest BCUT2D eigenvalue weighted by Crippen LogP contribution is 2.19. The number of anilines is 3. The standard InChI is InChI=1S/C16H16N6O/c1-23-14-4-2-3-13(9-14)20-16-21-15(11-19-22-16)18-10-12-5-7-17-8-6-12/h2-9,11H,10H2,1H3,(H2,18,20,21,22). The summed E-state index contributed by atoms with van der Waals surface area (Å²) in [6.07, 6.45) is 5.09. The molecule has 0 aliphatic rings. The first-order chi connectivity index (χ1) is 11.3. The quantitative estimate of drug-likeness (QED) is 0.724. The predicted octanol–water partition coefficient (Wildman–Crippen LogP) is 2.63. The molecule has 0 spiro atoms. The molecule has 0 atom stereocenters. The number of methoxy groups -OCH3 is 1. The van der Waals surface area contributed by atoms with Crippen molar-refractivity contribution in [2.45, 2.75) is 6.54 Å². The molecule has 0 unspecified atom stereocenters. The van der Waals surface area contributed by atoms with Gasteiger partial charge in [0, 0.05) is 30.7 Å². The second-order valence-corrected chi connectivity index (χ2v) is 4.73. The van der Waals surface area contributed by atoms with E-state index in [-0.39, 0.29) is 0 Å². The van der Waals surface area contributed by atoms with Gasteiger partial charge in [0.1, 0.15) is 5.75 Å². The Morgan fingerprint density at radius 3 is 2.83 bits per heavy atom. The predicted molar refractivity (Wildman–Crippen MR) is 87.7 cm³/mol. The third kappa shape index (κ3) is 4.13. The molecule has 23 heavy (non-hydrogen) atoms. The summed E-state index contributed by atoms with van der Waals surface area (Å²) in [5.74, 6) is 1.81. The number of aromatic nitrogens is 4. The fraction of sp³-hybridized carbons (Fsp3) is 0.125. The van der Waals surface area contributed by atoms with Gasteiger partial charge in [0.25, 0.3) is 0 Å². The van der Waals surface area contributed by atoms with E-state index >= 15 is 0 Å². The van der Waals surface area contributed by atoms with Crippen LogP contribution in [0.2, 0.25) is 0 Å². The minimum atomic E-state index is 0.415. The van der Waals surface area contributed by atoms with E-state index in [1.54, 1.807) is 25.7 Å². The first-order valence-corrected chi connectivity index (χ1v) is 7.07. The molecule has 0 saturated carbocycles. The van der Waals surface area contributed by atoms with E-state index in [2.05, 4.69) is 30.8 Å². The Morgan fingerprint density at radius 1 is 1.13 bits per heavy atom. The second-order valence-electron chi connectivity index (χ2n) is 4.73. The van der Waals surface area contributed by atoms with E-state index in [0.29, 0.717) is 18.3 Å². The molecule has 0 aliphatic heterocycles. The van der Waals surface area contributed by atoms with E-state index < -0.39 is 0 Å². The molecule has 0 fully saturated rings. The lowest BCUT2D eigenvalue weighted by atomic mass is 10.3. The highest BCUT2D eigenvalue weighted by Gasteiger charge is 2.02. The van der Waals surface area contributed by atoms with Crippen molar-refractivity contribution in [3.63, 3.8) is 0 Å². The zero-order valence-corrected chi connectivity index (χ0v) is 12.6. The number of nitrogens with one attached hydrogen (secondary N) is 2. The number of benzene rings is 1. The Kier molecular flexibility index (Phi) is 4.58. The van der Waals surface area contributed by atoms with Gasteiger partial charge in [0.05, 0.1) is 13.3 Å². The normalized spacial score (nSPS) is 10.1. The van der Waals surface area contributed by atoms with Crippen LogP contribution in [0.15, 0.2) is 55.0 Å². The number of rotatable bonds is 6. The van der Waals surface area contributed by atoms with Crippen molar-refractivity contribution < 1.29 is 4.74 Å². The van der Waals surface area contributed by atoms with Crippen LogP contribution in [0.4, 0.5) is 17.5 Å². The van der Waals surface area contributed by atoms with Gasteiger partial charge in [0.2, 0.25) is 5.95 Å². The van der Waals surface area contributed by atoms with Gasteiger partial charge in [-0.1, -0.05) is 6.07 Å². The van der Waals surface area contributed by atoms with E-state index in [0.717, 1.165) is 17.0 Å². The van der Waals surface area contributed by atoms with Crippen LogP contribution >= 0.6 is 0 Å². The molecule has 0 bridgehead atoms. The largest absolute Gasteiger partial charge is 0.497 e. The third-order valence-electron chi connectivity index (χ3n) is 3.11. The van der Waals surface area contributed by atoms with E-state index in [4.69, 9.17) is 4.74 Å². The maximum atomic E-state index is 5.19. The molecule has 2 aromatic heterocycles. The van der Waals surface area contributed by atoms with Crippen LogP contribution in [0.25, 0.3) is 0 Å². The Morgan fingerprint density at radius 2 is 2.00 bits per heavy atom. The number of nitrogens with zero attached hydrogens (tertiary/aromatic N) is 4. The van der Waals surface area contributed by atoms with Gasteiger partial charge < -0.3 is 15.4 Å². The molecule has 2 N–H and O–H groups in total. The minimum absolute atomic E-state index is 0.415. The van der Waals surface area contributed by atoms with Crippen molar-refractivity contribution in [2.24, 2.45) is 0 Å². The van der Waals surface area contributed by atoms with Crippen molar-refractivity contribution in [3.8, 4) is 5.75 Å². The highest BCUT2D eigenvalue weighted by atomic mass is 16.5. The molecule has 0 amide bonds. The van der Waals surface area contributed by atoms with Gasteiger partial charge in [-0.25, -0.2) is 0 Å². The fourth-order valence-electron chi connectivity index (χ4n) is 1.96. The molecule has 0 saturated heterocycles. The summed E-state index contributed by atoms with van der Waals surface area (Å²) in [5, 5.41) is 14.2. The van der Waals surface area contributed by atoms with Crippen LogP contribution in [-0.4, -0.2) is 27.3 Å². The molecule has 7 heteroatoms. The first kappa shape index (κ1) is 14.7. The van der Waals surface area contributed by atoms with Crippen LogP contribution in [-0.2, 0) is 6.54 Å². The second kappa shape index (κ2) is 7.17. The summed E-state index contributed by atoms with van der Waals surface area (Å²) in [5.41, 5.74) is 1.94. The topological polar surface area (TPSA) is 84.9 Å². The number of ether oxygens (including phenoxy) is 1. The number of hydrogen-bond donors (Lipinski definition) is 2. The van der Waals surface area contributed by atoms with Gasteiger partial charge in [-0.2, -0.15) is 10.1 Å². The van der Waals surface area contributed by atoms with Crippen molar-refractivity contribution in [1.29, 1.82) is 0 Å². The average molecular weight is 308 g/mol. The van der Waals surface area contributed by atoms with E-state index in [9.17, 15) is 0 Å². The number of pyridine rings is 1. The van der Waals surface area contributed by atoms with Gasteiger partial charge in [-0.15, -0.1) is 5.10 Å². The van der Waals surface area contributed by atoms with Gasteiger partial charge in [-0.3, -0.25) is 4.98 Å². The molecule has 3 aromatic rings. The summed E-state index contributed by atoms with van der Waals surface area (Å²) >= 11 is 0. The lowest BCUT2D eigenvalue weighted by molar-refractivity contribution is 0.415. The lowest BCUT2D eigenvalue weighted by Gasteiger charge is -2.08. The Bertz CT molecular complexity index is 765. The van der Waals surface area contributed by atoms with Gasteiger partial charge >= 0.3 is 0 Å². The average Bonchev–Trinajstić information content (AvgIpc) is 2.61. The summed E-state index contributed by atoms with van der Waals surface area (Å²) < 4.78 is 5.19. The molecule has 116 valence electrons. The molecule has 0 aliphatic carbocycles. The molecule has 2 heterocycles. The van der Waals surface area contributed by atoms with Crippen LogP contribution < -0.4 is 15.4 Å². The van der Waals surface area contributed by atoms with Crippen LogP contribution in [0, 0.1) is 0 Å². The Hall–Kier alpha value is -3.22. The molecular weight excluding hydrogens is 292 g/mol. The van der Waals surface area contributed by atoms with E-state index in [1.165, 1.54) is 0 Å². The SMILES string of the molecule is COc1cccc(Nc2nncc(NCc3ccncc3)n2)c1. The van der Waals surface area contributed by atoms with Crippen molar-refractivity contribution in [2.75, 3.05) is 17.7 Å². The zero-order valence-electron chi connectivity index (χ0n) is 12.6. The first-order valence-electron chi connectivity index (χ1n) is 7.07. The zero-order chi connectivity index (χ0) is 15.9. The molecular formula is C16H16N6O. The van der Waals surface area contributed by atoms with Crippen LogP contribution in [0.5, 0.6) is 5.75 Å². The number of hydrogen-bond acceptors (Lipinski definition) is 7. The lowest BCUT2D eigenvalue weighted by Crippen LogP contribution is -2.05. The van der Waals surface area contributed by atoms with Gasteiger partial charge in [-0.05, 0) is 29.8 Å². The van der Waals surface area contributed by atoms with Crippen molar-refractivity contribution in [3.05, 3.63) is 60.6 Å². The van der Waals surface area contributed by atoms with Gasteiger partial charge in [0.15, 0.2) is 5.82 Å². The summed E-state index contributed by atoms with van der Waals surface area (Å²) in [6, 6.07) is 11.4. The minimum Gasteiger partial charge on any atom is -0.497 e. The molecule has 3 rings (SSSR count). The third-order valence-corrected chi connectivity index (χ3v) is 3.11. The Balaban J connectivity index is 1.67. The molecule has 1 aromatic carbocycles. The smallest absolute Gasteiger partial charge is 0.249 e. The molecule has 7 nitrogen and oxygen atoms in total. The Labute approximate surface area is 133 Å². The summed E-state index contributed by atoms with van der Waals surface area (Å²) in [6.45, 7) is 0.639. The van der Waals surface area contributed by atoms with Crippen molar-refractivity contribution >= 4 is 17.5 Å². The van der Waals surface area contributed by atoms with Crippen molar-refractivity contribution in [1.82, 2.24) is 20.2 Å². The maximum Gasteiger partial charge on any atom is 0.249 e. The fourth-order valence-corrected chi connectivity index (χ4v) is 1.96. The van der Waals surface area contributed by atoms with Crippen LogP contribution in [0.3, 0.4) is 0 Å². The highest BCUT2D eigenvalue weighted by molar-refractivity contribution is 5.56. The summed E-state index contributed by atoms with van der Waals surface area (Å²) in [7, 11) is 1.63. The monoisotopic (exact) mass is 308 g/mol. The van der Waals surface area contributed by atoms with Crippen LogP contribution in [0.1, 0.15) is 5.56 Å².